The van der Waals surface area contributed by atoms with Gasteiger partial charge in [-0.3, -0.25) is 9.78 Å². The Hall–Kier alpha value is -1.44. The van der Waals surface area contributed by atoms with Crippen LogP contribution in [0.2, 0.25) is 0 Å². The standard InChI is InChI=1S/C11H13NO/c1-9(2)5-6-11(13)10-4-3-7-12-8-10/h3-4,7-8H,1,5-6H2,2H3. The van der Waals surface area contributed by atoms with Crippen molar-refractivity contribution in [2.24, 2.45) is 0 Å². The van der Waals surface area contributed by atoms with E-state index in [2.05, 4.69) is 11.6 Å². The summed E-state index contributed by atoms with van der Waals surface area (Å²) in [6.07, 6.45) is 4.55. The summed E-state index contributed by atoms with van der Waals surface area (Å²) >= 11 is 0. The summed E-state index contributed by atoms with van der Waals surface area (Å²) in [7, 11) is 0. The van der Waals surface area contributed by atoms with E-state index < -0.39 is 0 Å². The number of carbonyl (C=O) groups excluding carboxylic acids is 1. The van der Waals surface area contributed by atoms with Gasteiger partial charge in [-0.25, -0.2) is 0 Å². The van der Waals surface area contributed by atoms with Crippen molar-refractivity contribution in [3.63, 3.8) is 0 Å². The van der Waals surface area contributed by atoms with Gasteiger partial charge in [0.2, 0.25) is 0 Å². The van der Waals surface area contributed by atoms with Gasteiger partial charge in [-0.2, -0.15) is 0 Å². The monoisotopic (exact) mass is 175 g/mol. The van der Waals surface area contributed by atoms with E-state index in [9.17, 15) is 4.79 Å². The van der Waals surface area contributed by atoms with E-state index in [4.69, 9.17) is 0 Å². The molecule has 13 heavy (non-hydrogen) atoms. The summed E-state index contributed by atoms with van der Waals surface area (Å²) in [5, 5.41) is 0. The summed E-state index contributed by atoms with van der Waals surface area (Å²) in [4.78, 5) is 15.4. The third-order valence-corrected chi connectivity index (χ3v) is 1.76. The fourth-order valence-corrected chi connectivity index (χ4v) is 0.999. The molecule has 0 aromatic carbocycles. The zero-order chi connectivity index (χ0) is 9.68. The highest BCUT2D eigenvalue weighted by Gasteiger charge is 2.04. The van der Waals surface area contributed by atoms with E-state index in [1.54, 1.807) is 24.5 Å². The van der Waals surface area contributed by atoms with Gasteiger partial charge in [-0.15, -0.1) is 6.58 Å². The Bertz CT molecular complexity index is 303. The zero-order valence-electron chi connectivity index (χ0n) is 7.79. The number of hydrogen-bond acceptors (Lipinski definition) is 2. The number of allylic oxidation sites excluding steroid dienone is 1. The Labute approximate surface area is 78.3 Å². The maximum absolute atomic E-state index is 11.5. The second-order valence-corrected chi connectivity index (χ2v) is 3.12. The fraction of sp³-hybridized carbons (Fsp3) is 0.273. The smallest absolute Gasteiger partial charge is 0.164 e. The largest absolute Gasteiger partial charge is 0.294 e. The van der Waals surface area contributed by atoms with Crippen molar-refractivity contribution in [2.45, 2.75) is 19.8 Å². The molecule has 0 aliphatic heterocycles. The minimum absolute atomic E-state index is 0.135. The van der Waals surface area contributed by atoms with Crippen LogP contribution in [-0.2, 0) is 0 Å². The van der Waals surface area contributed by atoms with Gasteiger partial charge in [0.1, 0.15) is 0 Å². The SMILES string of the molecule is C=C(C)CCC(=O)c1cccnc1. The molecule has 1 aromatic heterocycles. The molecule has 0 radical (unpaired) electrons. The molecule has 0 atom stereocenters. The van der Waals surface area contributed by atoms with Crippen molar-refractivity contribution >= 4 is 5.78 Å². The molecule has 1 aromatic rings. The first-order valence-electron chi connectivity index (χ1n) is 4.28. The van der Waals surface area contributed by atoms with Crippen LogP contribution < -0.4 is 0 Å². The molecule has 68 valence electrons. The fourth-order valence-electron chi connectivity index (χ4n) is 0.999. The molecule has 0 unspecified atom stereocenters. The molecule has 0 amide bonds. The van der Waals surface area contributed by atoms with Crippen LogP contribution in [0.25, 0.3) is 0 Å². The van der Waals surface area contributed by atoms with Gasteiger partial charge in [0, 0.05) is 24.4 Å². The van der Waals surface area contributed by atoms with Gasteiger partial charge in [-0.1, -0.05) is 5.57 Å². The molecule has 0 aliphatic rings. The van der Waals surface area contributed by atoms with Gasteiger partial charge in [-0.05, 0) is 25.5 Å². The number of hydrogen-bond donors (Lipinski definition) is 0. The van der Waals surface area contributed by atoms with Crippen LogP contribution in [-0.4, -0.2) is 10.8 Å². The summed E-state index contributed by atoms with van der Waals surface area (Å²) in [6.45, 7) is 5.68. The van der Waals surface area contributed by atoms with Crippen molar-refractivity contribution in [2.75, 3.05) is 0 Å². The predicted molar refractivity (Wildman–Crippen MR) is 52.6 cm³/mol. The summed E-state index contributed by atoms with van der Waals surface area (Å²) < 4.78 is 0. The molecule has 0 bridgehead atoms. The van der Waals surface area contributed by atoms with E-state index in [0.29, 0.717) is 12.0 Å². The van der Waals surface area contributed by atoms with Gasteiger partial charge < -0.3 is 0 Å². The molecule has 2 nitrogen and oxygen atoms in total. The molecule has 2 heteroatoms. The van der Waals surface area contributed by atoms with E-state index in [1.165, 1.54) is 0 Å². The van der Waals surface area contributed by atoms with Crippen molar-refractivity contribution in [1.82, 2.24) is 4.98 Å². The highest BCUT2D eigenvalue weighted by Crippen LogP contribution is 2.07. The minimum atomic E-state index is 0.135. The topological polar surface area (TPSA) is 30.0 Å². The maximum atomic E-state index is 11.5. The van der Waals surface area contributed by atoms with Crippen LogP contribution in [0, 0.1) is 0 Å². The van der Waals surface area contributed by atoms with Crippen LogP contribution in [0.4, 0.5) is 0 Å². The highest BCUT2D eigenvalue weighted by atomic mass is 16.1. The normalized spacial score (nSPS) is 9.62. The van der Waals surface area contributed by atoms with Crippen LogP contribution in [0.3, 0.4) is 0 Å². The molecule has 0 saturated heterocycles. The van der Waals surface area contributed by atoms with Crippen molar-refractivity contribution in [3.8, 4) is 0 Å². The van der Waals surface area contributed by atoms with E-state index in [1.807, 2.05) is 6.92 Å². The number of Topliss-reactive ketones (excluding diaryl/α,β-unsaturated/α-hetero) is 1. The minimum Gasteiger partial charge on any atom is -0.294 e. The lowest BCUT2D eigenvalue weighted by Gasteiger charge is -1.99. The van der Waals surface area contributed by atoms with Gasteiger partial charge >= 0.3 is 0 Å². The lowest BCUT2D eigenvalue weighted by molar-refractivity contribution is 0.0982. The lowest BCUT2D eigenvalue weighted by atomic mass is 10.1. The van der Waals surface area contributed by atoms with Crippen LogP contribution in [0.15, 0.2) is 36.7 Å². The van der Waals surface area contributed by atoms with Crippen LogP contribution in [0.1, 0.15) is 30.1 Å². The maximum Gasteiger partial charge on any atom is 0.164 e. The van der Waals surface area contributed by atoms with E-state index in [-0.39, 0.29) is 5.78 Å². The number of pyridine rings is 1. The number of nitrogens with zero attached hydrogens (tertiary/aromatic N) is 1. The zero-order valence-corrected chi connectivity index (χ0v) is 7.79. The average molecular weight is 175 g/mol. The number of carbonyl (C=O) groups is 1. The number of ketones is 1. The van der Waals surface area contributed by atoms with Crippen LogP contribution in [0.5, 0.6) is 0 Å². The van der Waals surface area contributed by atoms with Gasteiger partial charge in [0.05, 0.1) is 0 Å². The quantitative estimate of drug-likeness (QED) is 0.520. The first-order valence-corrected chi connectivity index (χ1v) is 4.28. The Balaban J connectivity index is 2.54. The molecule has 0 spiro atoms. The molecular weight excluding hydrogens is 162 g/mol. The van der Waals surface area contributed by atoms with Crippen molar-refractivity contribution in [3.05, 3.63) is 42.2 Å². The van der Waals surface area contributed by atoms with Crippen LogP contribution >= 0.6 is 0 Å². The third kappa shape index (κ3) is 3.20. The Morgan fingerprint density at radius 2 is 2.31 bits per heavy atom. The first-order chi connectivity index (χ1) is 6.20. The summed E-state index contributed by atoms with van der Waals surface area (Å²) in [5.74, 6) is 0.135. The van der Waals surface area contributed by atoms with Crippen molar-refractivity contribution < 1.29 is 4.79 Å². The van der Waals surface area contributed by atoms with Gasteiger partial charge in [0.15, 0.2) is 5.78 Å². The predicted octanol–water partition coefficient (Wildman–Crippen LogP) is 2.62. The molecule has 0 aliphatic carbocycles. The highest BCUT2D eigenvalue weighted by molar-refractivity contribution is 5.95. The van der Waals surface area contributed by atoms with E-state index in [0.717, 1.165) is 12.0 Å². The van der Waals surface area contributed by atoms with E-state index >= 15 is 0 Å². The number of aromatic nitrogens is 1. The summed E-state index contributed by atoms with van der Waals surface area (Å²) in [5.41, 5.74) is 1.72. The molecular formula is C11H13NO. The molecule has 0 N–H and O–H groups in total. The third-order valence-electron chi connectivity index (χ3n) is 1.76. The lowest BCUT2D eigenvalue weighted by Crippen LogP contribution is -1.99. The summed E-state index contributed by atoms with van der Waals surface area (Å²) in [6, 6.07) is 3.56. The molecule has 0 saturated carbocycles. The Kier molecular flexibility index (Phi) is 3.38. The second-order valence-electron chi connectivity index (χ2n) is 3.12. The van der Waals surface area contributed by atoms with Gasteiger partial charge in [0.25, 0.3) is 0 Å². The Morgan fingerprint density at radius 1 is 1.54 bits per heavy atom. The molecule has 1 rings (SSSR count). The number of rotatable bonds is 4. The average Bonchev–Trinajstić information content (AvgIpc) is 2.15. The second kappa shape index (κ2) is 4.55. The Morgan fingerprint density at radius 3 is 2.85 bits per heavy atom. The molecule has 1 heterocycles. The van der Waals surface area contributed by atoms with Crippen molar-refractivity contribution in [1.29, 1.82) is 0 Å². The molecule has 0 fully saturated rings. The first kappa shape index (κ1) is 9.65.